The van der Waals surface area contributed by atoms with Crippen molar-refractivity contribution in [3.63, 3.8) is 0 Å². The second-order valence-corrected chi connectivity index (χ2v) is 5.69. The van der Waals surface area contributed by atoms with E-state index in [4.69, 9.17) is 18.0 Å². The molecule has 0 amide bonds. The van der Waals surface area contributed by atoms with Crippen LogP contribution in [0.1, 0.15) is 37.9 Å². The van der Waals surface area contributed by atoms with Crippen LogP contribution >= 0.6 is 12.2 Å². The first kappa shape index (κ1) is 12.5. The zero-order valence-corrected chi connectivity index (χ0v) is 11.3. The molecule has 0 aromatic carbocycles. The van der Waals surface area contributed by atoms with E-state index in [0.717, 1.165) is 18.8 Å². The van der Waals surface area contributed by atoms with Crippen molar-refractivity contribution in [3.8, 4) is 0 Å². The van der Waals surface area contributed by atoms with E-state index in [0.29, 0.717) is 10.5 Å². The number of thiocarbonyl (C=S) groups is 1. The predicted molar refractivity (Wildman–Crippen MR) is 73.8 cm³/mol. The van der Waals surface area contributed by atoms with Gasteiger partial charge in [0.15, 0.2) is 0 Å². The van der Waals surface area contributed by atoms with Crippen LogP contribution in [-0.2, 0) is 6.54 Å². The van der Waals surface area contributed by atoms with E-state index in [1.807, 2.05) is 12.1 Å². The van der Waals surface area contributed by atoms with Gasteiger partial charge in [0.25, 0.3) is 0 Å². The smallest absolute Gasteiger partial charge is 0.122 e. The molecule has 2 rings (SSSR count). The van der Waals surface area contributed by atoms with Crippen LogP contribution < -0.4 is 5.73 Å². The molecule has 0 saturated carbocycles. The van der Waals surface area contributed by atoms with Gasteiger partial charge in [0, 0.05) is 18.3 Å². The molecule has 1 aliphatic rings. The van der Waals surface area contributed by atoms with Gasteiger partial charge in [0.05, 0.1) is 5.69 Å². The minimum absolute atomic E-state index is 0.298. The largest absolute Gasteiger partial charge is 0.388 e. The molecule has 0 radical (unpaired) electrons. The van der Waals surface area contributed by atoms with Crippen molar-refractivity contribution in [1.29, 1.82) is 0 Å². The van der Waals surface area contributed by atoms with Crippen LogP contribution in [0.25, 0.3) is 0 Å². The van der Waals surface area contributed by atoms with E-state index in [-0.39, 0.29) is 0 Å². The number of pyridine rings is 1. The second-order valence-electron chi connectivity index (χ2n) is 5.25. The Morgan fingerprint density at radius 3 is 2.94 bits per heavy atom. The summed E-state index contributed by atoms with van der Waals surface area (Å²) in [7, 11) is 0. The summed E-state index contributed by atoms with van der Waals surface area (Å²) < 4.78 is 0. The molecular formula is C13H19N3S. The maximum absolute atomic E-state index is 5.60. The van der Waals surface area contributed by atoms with Crippen molar-refractivity contribution in [2.45, 2.75) is 38.8 Å². The summed E-state index contributed by atoms with van der Waals surface area (Å²) in [4.78, 5) is 7.04. The predicted octanol–water partition coefficient (Wildman–Crippen LogP) is 2.09. The molecule has 92 valence electrons. The molecule has 0 aliphatic carbocycles. The lowest BCUT2D eigenvalue weighted by molar-refractivity contribution is 0.166. The number of aromatic nitrogens is 1. The van der Waals surface area contributed by atoms with Crippen molar-refractivity contribution in [3.05, 3.63) is 29.6 Å². The summed E-state index contributed by atoms with van der Waals surface area (Å²) in [6, 6.07) is 4.03. The van der Waals surface area contributed by atoms with Gasteiger partial charge in [-0.05, 0) is 50.9 Å². The summed E-state index contributed by atoms with van der Waals surface area (Å²) in [5.41, 5.74) is 7.85. The van der Waals surface area contributed by atoms with Gasteiger partial charge in [0.1, 0.15) is 4.99 Å². The summed E-state index contributed by atoms with van der Waals surface area (Å²) in [6.07, 6.45) is 4.33. The second kappa shape index (κ2) is 4.70. The Labute approximate surface area is 108 Å². The van der Waals surface area contributed by atoms with Crippen LogP contribution in [-0.4, -0.2) is 27.0 Å². The van der Waals surface area contributed by atoms with Crippen LogP contribution in [0.3, 0.4) is 0 Å². The van der Waals surface area contributed by atoms with Crippen molar-refractivity contribution >= 4 is 17.2 Å². The normalized spacial score (nSPS) is 19.4. The maximum Gasteiger partial charge on any atom is 0.122 e. The third-order valence-electron chi connectivity index (χ3n) is 3.52. The standard InChI is InChI=1S/C13H19N3S/c1-13(2)5-3-7-16(13)9-10-4-6-15-11(8-10)12(14)17/h4,6,8H,3,5,7,9H2,1-2H3,(H2,14,17). The highest BCUT2D eigenvalue weighted by Gasteiger charge is 2.31. The topological polar surface area (TPSA) is 42.2 Å². The first-order chi connectivity index (χ1) is 7.99. The Bertz CT molecular complexity index is 428. The highest BCUT2D eigenvalue weighted by molar-refractivity contribution is 7.80. The van der Waals surface area contributed by atoms with Gasteiger partial charge in [-0.25, -0.2) is 0 Å². The maximum atomic E-state index is 5.60. The van der Waals surface area contributed by atoms with Gasteiger partial charge in [-0.2, -0.15) is 0 Å². The Kier molecular flexibility index (Phi) is 3.45. The van der Waals surface area contributed by atoms with Crippen LogP contribution in [0.2, 0.25) is 0 Å². The molecule has 0 spiro atoms. The minimum atomic E-state index is 0.298. The first-order valence-corrected chi connectivity index (χ1v) is 6.40. The van der Waals surface area contributed by atoms with Gasteiger partial charge < -0.3 is 5.73 Å². The van der Waals surface area contributed by atoms with Gasteiger partial charge in [-0.3, -0.25) is 9.88 Å². The fraction of sp³-hybridized carbons (Fsp3) is 0.538. The van der Waals surface area contributed by atoms with E-state index in [9.17, 15) is 0 Å². The van der Waals surface area contributed by atoms with Gasteiger partial charge in [-0.1, -0.05) is 12.2 Å². The summed E-state index contributed by atoms with van der Waals surface area (Å²) in [6.45, 7) is 6.72. The molecule has 2 heterocycles. The minimum Gasteiger partial charge on any atom is -0.388 e. The van der Waals surface area contributed by atoms with E-state index in [1.54, 1.807) is 6.20 Å². The third-order valence-corrected chi connectivity index (χ3v) is 3.73. The molecule has 0 unspecified atom stereocenters. The number of nitrogens with two attached hydrogens (primary N) is 1. The van der Waals surface area contributed by atoms with Crippen molar-refractivity contribution < 1.29 is 0 Å². The zero-order chi connectivity index (χ0) is 12.5. The fourth-order valence-electron chi connectivity index (χ4n) is 2.38. The van der Waals surface area contributed by atoms with Crippen LogP contribution in [0.4, 0.5) is 0 Å². The molecule has 3 nitrogen and oxygen atoms in total. The zero-order valence-electron chi connectivity index (χ0n) is 10.4. The average Bonchev–Trinajstić information content (AvgIpc) is 2.59. The molecule has 0 atom stereocenters. The van der Waals surface area contributed by atoms with Crippen LogP contribution in [0.15, 0.2) is 18.3 Å². The van der Waals surface area contributed by atoms with Gasteiger partial charge in [0.2, 0.25) is 0 Å². The Morgan fingerprint density at radius 2 is 2.35 bits per heavy atom. The van der Waals surface area contributed by atoms with Gasteiger partial charge in [-0.15, -0.1) is 0 Å². The highest BCUT2D eigenvalue weighted by atomic mass is 32.1. The Morgan fingerprint density at radius 1 is 1.59 bits per heavy atom. The number of likely N-dealkylation sites (tertiary alicyclic amines) is 1. The molecule has 17 heavy (non-hydrogen) atoms. The van der Waals surface area contributed by atoms with Crippen LogP contribution in [0.5, 0.6) is 0 Å². The van der Waals surface area contributed by atoms with Crippen LogP contribution in [0, 0.1) is 0 Å². The van der Waals surface area contributed by atoms with E-state index >= 15 is 0 Å². The molecule has 1 aromatic rings. The fourth-order valence-corrected chi connectivity index (χ4v) is 2.50. The molecule has 4 heteroatoms. The molecular weight excluding hydrogens is 230 g/mol. The van der Waals surface area contributed by atoms with Crippen molar-refractivity contribution in [2.75, 3.05) is 6.54 Å². The highest BCUT2D eigenvalue weighted by Crippen LogP contribution is 2.29. The SMILES string of the molecule is CC1(C)CCCN1Cc1ccnc(C(N)=S)c1. The number of hydrogen-bond donors (Lipinski definition) is 1. The first-order valence-electron chi connectivity index (χ1n) is 5.99. The molecule has 2 N–H and O–H groups in total. The van der Waals surface area contributed by atoms with E-state index in [1.165, 1.54) is 18.4 Å². The van der Waals surface area contributed by atoms with Crippen molar-refractivity contribution in [1.82, 2.24) is 9.88 Å². The summed E-state index contributed by atoms with van der Waals surface area (Å²) >= 11 is 4.95. The van der Waals surface area contributed by atoms with E-state index in [2.05, 4.69) is 23.7 Å². The quantitative estimate of drug-likeness (QED) is 0.833. The molecule has 1 aromatic heterocycles. The molecule has 0 bridgehead atoms. The van der Waals surface area contributed by atoms with Crippen molar-refractivity contribution in [2.24, 2.45) is 5.73 Å². The Balaban J connectivity index is 2.13. The number of nitrogens with zero attached hydrogens (tertiary/aromatic N) is 2. The molecule has 1 fully saturated rings. The lowest BCUT2D eigenvalue weighted by Gasteiger charge is -2.31. The Hall–Kier alpha value is -1.00. The molecule has 1 saturated heterocycles. The van der Waals surface area contributed by atoms with Gasteiger partial charge >= 0.3 is 0 Å². The lowest BCUT2D eigenvalue weighted by Crippen LogP contribution is -2.37. The average molecular weight is 249 g/mol. The lowest BCUT2D eigenvalue weighted by atomic mass is 10.0. The summed E-state index contributed by atoms with van der Waals surface area (Å²) in [5, 5.41) is 0. The third kappa shape index (κ3) is 2.82. The summed E-state index contributed by atoms with van der Waals surface area (Å²) in [5.74, 6) is 0. The monoisotopic (exact) mass is 249 g/mol. The molecule has 1 aliphatic heterocycles. The number of hydrogen-bond acceptors (Lipinski definition) is 3. The van der Waals surface area contributed by atoms with E-state index < -0.39 is 0 Å². The number of rotatable bonds is 3.